The second-order valence-corrected chi connectivity index (χ2v) is 11.7. The van der Waals surface area contributed by atoms with E-state index in [2.05, 4.69) is 67.7 Å². The van der Waals surface area contributed by atoms with Crippen molar-refractivity contribution >= 4 is 18.6 Å². The van der Waals surface area contributed by atoms with Gasteiger partial charge in [-0.25, -0.2) is 4.98 Å². The Hall–Kier alpha value is -2.11. The van der Waals surface area contributed by atoms with Crippen LogP contribution in [0.15, 0.2) is 59.4 Å². The molecule has 2 aromatic carbocycles. The van der Waals surface area contributed by atoms with E-state index < -0.39 is 7.71 Å². The molecule has 3 rings (SSSR count). The Bertz CT molecular complexity index is 1070. The van der Waals surface area contributed by atoms with Gasteiger partial charge in [-0.05, 0) is 12.1 Å². The lowest BCUT2D eigenvalue weighted by Gasteiger charge is -2.57. The summed E-state index contributed by atoms with van der Waals surface area (Å²) >= 11 is 0. The van der Waals surface area contributed by atoms with Gasteiger partial charge in [0, 0.05) is 44.8 Å². The zero-order valence-corrected chi connectivity index (χ0v) is 22.6. The van der Waals surface area contributed by atoms with Crippen molar-refractivity contribution in [3.05, 3.63) is 65.0 Å². The quantitative estimate of drug-likeness (QED) is 0.305. The number of benzene rings is 2. The highest BCUT2D eigenvalue weighted by Crippen LogP contribution is 2.68. The molecule has 0 aliphatic carbocycles. The molecule has 1 heterocycles. The molecule has 6 nitrogen and oxygen atoms in total. The van der Waals surface area contributed by atoms with Crippen LogP contribution in [0.2, 0.25) is 0 Å². The third-order valence-corrected chi connectivity index (χ3v) is 11.9. The van der Waals surface area contributed by atoms with Crippen molar-refractivity contribution in [2.24, 2.45) is 0 Å². The fraction of sp³-hybridized carbons (Fsp3) is 0.481. The molecule has 1 aromatic heterocycles. The van der Waals surface area contributed by atoms with E-state index in [0.29, 0.717) is 11.7 Å². The SMILES string of the molecule is CCN(CC)[P](Cn1c(-c2ccccc2)nc2ccccc2c1=O)(N(CC)CC)N(CC)CC. The van der Waals surface area contributed by atoms with Crippen molar-refractivity contribution in [1.29, 1.82) is 0 Å². The van der Waals surface area contributed by atoms with E-state index in [-0.39, 0.29) is 5.56 Å². The summed E-state index contributed by atoms with van der Waals surface area (Å²) in [6.45, 7) is 19.1. The van der Waals surface area contributed by atoms with Gasteiger partial charge in [0.1, 0.15) is 5.82 Å². The van der Waals surface area contributed by atoms with Crippen LogP contribution in [0.4, 0.5) is 0 Å². The van der Waals surface area contributed by atoms with Crippen molar-refractivity contribution in [2.75, 3.05) is 39.3 Å². The first kappa shape index (κ1) is 26.5. The molecule has 34 heavy (non-hydrogen) atoms. The molecule has 0 saturated carbocycles. The van der Waals surface area contributed by atoms with E-state index in [4.69, 9.17) is 4.98 Å². The second kappa shape index (κ2) is 12.0. The van der Waals surface area contributed by atoms with Gasteiger partial charge in [0.25, 0.3) is 5.56 Å². The fourth-order valence-electron chi connectivity index (χ4n) is 5.13. The van der Waals surface area contributed by atoms with E-state index in [0.717, 1.165) is 56.2 Å². The molecule has 0 spiro atoms. The number of nitrogens with zero attached hydrogens (tertiary/aromatic N) is 5. The maximum absolute atomic E-state index is 14.1. The molecule has 0 N–H and O–H groups in total. The van der Waals surface area contributed by atoms with Gasteiger partial charge in [0.2, 0.25) is 0 Å². The Morgan fingerprint density at radius 2 is 1.18 bits per heavy atom. The van der Waals surface area contributed by atoms with Crippen molar-refractivity contribution in [3.63, 3.8) is 0 Å². The summed E-state index contributed by atoms with van der Waals surface area (Å²) in [6, 6.07) is 17.9. The normalized spacial score (nSPS) is 12.4. The van der Waals surface area contributed by atoms with Gasteiger partial charge in [-0.15, -0.1) is 0 Å². The van der Waals surface area contributed by atoms with Crippen LogP contribution in [-0.2, 0) is 6.29 Å². The van der Waals surface area contributed by atoms with Gasteiger partial charge in [0.05, 0.1) is 24.9 Å². The lowest BCUT2D eigenvalue weighted by atomic mass is 10.2. The summed E-state index contributed by atoms with van der Waals surface area (Å²) in [7, 11) is -2.08. The maximum atomic E-state index is 14.1. The molecule has 7 heteroatoms. The number of rotatable bonds is 12. The number of fused-ring (bicyclic) bond motifs is 1. The largest absolute Gasteiger partial charge is 0.284 e. The highest BCUT2D eigenvalue weighted by Gasteiger charge is 2.43. The van der Waals surface area contributed by atoms with Crippen molar-refractivity contribution in [3.8, 4) is 11.4 Å². The Balaban J connectivity index is 2.38. The molecule has 0 aliphatic heterocycles. The maximum Gasteiger partial charge on any atom is 0.262 e. The van der Waals surface area contributed by atoms with Gasteiger partial charge >= 0.3 is 0 Å². The van der Waals surface area contributed by atoms with Crippen LogP contribution in [0.25, 0.3) is 22.3 Å². The van der Waals surface area contributed by atoms with E-state index in [1.54, 1.807) is 0 Å². The van der Waals surface area contributed by atoms with Crippen LogP contribution < -0.4 is 5.56 Å². The van der Waals surface area contributed by atoms with Crippen molar-refractivity contribution in [2.45, 2.75) is 47.8 Å². The summed E-state index contributed by atoms with van der Waals surface area (Å²) in [5.74, 6) is 0.750. The summed E-state index contributed by atoms with van der Waals surface area (Å²) in [4.78, 5) is 19.1. The minimum absolute atomic E-state index is 0.0419. The van der Waals surface area contributed by atoms with E-state index in [9.17, 15) is 4.79 Å². The first-order valence-electron chi connectivity index (χ1n) is 12.7. The summed E-state index contributed by atoms with van der Waals surface area (Å²) in [6.07, 6.45) is 0.624. The molecular weight excluding hydrogens is 441 g/mol. The predicted octanol–water partition coefficient (Wildman–Crippen LogP) is 5.81. The highest BCUT2D eigenvalue weighted by molar-refractivity contribution is 7.68. The van der Waals surface area contributed by atoms with Crippen LogP contribution in [0.5, 0.6) is 0 Å². The van der Waals surface area contributed by atoms with Gasteiger partial charge in [-0.3, -0.25) is 23.4 Å². The minimum atomic E-state index is -2.08. The molecule has 185 valence electrons. The summed E-state index contributed by atoms with van der Waals surface area (Å²) in [5, 5.41) is 0.680. The van der Waals surface area contributed by atoms with Crippen LogP contribution in [0.3, 0.4) is 0 Å². The Morgan fingerprint density at radius 3 is 1.68 bits per heavy atom. The lowest BCUT2D eigenvalue weighted by molar-refractivity contribution is 0.320. The number of para-hydroxylation sites is 1. The minimum Gasteiger partial charge on any atom is -0.284 e. The highest BCUT2D eigenvalue weighted by atomic mass is 31.2. The van der Waals surface area contributed by atoms with Crippen molar-refractivity contribution < 1.29 is 0 Å². The zero-order valence-electron chi connectivity index (χ0n) is 21.7. The molecule has 0 unspecified atom stereocenters. The monoisotopic (exact) mass is 482 g/mol. The Labute approximate surface area is 205 Å². The smallest absolute Gasteiger partial charge is 0.262 e. The number of hydrogen-bond acceptors (Lipinski definition) is 5. The average molecular weight is 483 g/mol. The molecule has 0 atom stereocenters. The van der Waals surface area contributed by atoms with Crippen LogP contribution in [-0.4, -0.2) is 62.8 Å². The molecule has 0 amide bonds. The standard InChI is InChI=1S/C27H41N5OP/c1-7-29(8-2)34(30(9-3)10-4,31(11-5)12-6)22-32-26(23-18-14-13-15-19-23)28-25-21-17-16-20-24(25)27(32)33/h13-21H,7-12,22H2,1-6H3. The third kappa shape index (κ3) is 4.83. The van der Waals surface area contributed by atoms with Gasteiger partial charge < -0.3 is 0 Å². The second-order valence-electron chi connectivity index (χ2n) is 8.30. The first-order valence-corrected chi connectivity index (χ1v) is 14.5. The molecule has 0 bridgehead atoms. The summed E-state index contributed by atoms with van der Waals surface area (Å²) in [5.41, 5.74) is 1.77. The van der Waals surface area contributed by atoms with Gasteiger partial charge in [-0.1, -0.05) is 84.0 Å². The van der Waals surface area contributed by atoms with E-state index in [1.807, 2.05) is 47.0 Å². The predicted molar refractivity (Wildman–Crippen MR) is 147 cm³/mol. The van der Waals surface area contributed by atoms with Gasteiger partial charge in [0.15, 0.2) is 0 Å². The van der Waals surface area contributed by atoms with E-state index >= 15 is 0 Å². The molecule has 1 radical (unpaired) electrons. The Morgan fingerprint density at radius 1 is 0.706 bits per heavy atom. The molecule has 0 fully saturated rings. The van der Waals surface area contributed by atoms with E-state index in [1.165, 1.54) is 0 Å². The molecule has 3 aromatic rings. The van der Waals surface area contributed by atoms with Crippen LogP contribution in [0, 0.1) is 0 Å². The molecule has 0 aliphatic rings. The average Bonchev–Trinajstić information content (AvgIpc) is 2.88. The molecular formula is C27H41N5OP. The first-order chi connectivity index (χ1) is 16.5. The van der Waals surface area contributed by atoms with Gasteiger partial charge in [-0.2, -0.15) is 0 Å². The van der Waals surface area contributed by atoms with Crippen LogP contribution in [0.1, 0.15) is 41.5 Å². The third-order valence-electron chi connectivity index (χ3n) is 6.77. The fourth-order valence-corrected chi connectivity index (χ4v) is 10.1. The van der Waals surface area contributed by atoms with Crippen molar-refractivity contribution in [1.82, 2.24) is 23.6 Å². The number of hydrogen-bond donors (Lipinski definition) is 0. The summed E-state index contributed by atoms with van der Waals surface area (Å²) < 4.78 is 9.82. The van der Waals surface area contributed by atoms with Crippen LogP contribution >= 0.6 is 7.71 Å². The Kier molecular flexibility index (Phi) is 9.38. The zero-order chi connectivity index (χ0) is 24.7. The molecule has 0 saturated heterocycles. The lowest BCUT2D eigenvalue weighted by Crippen LogP contribution is -2.48. The number of aromatic nitrogens is 2. The topological polar surface area (TPSA) is 44.6 Å².